The van der Waals surface area contributed by atoms with E-state index >= 15 is 0 Å². The molecule has 1 aliphatic carbocycles. The van der Waals surface area contributed by atoms with E-state index in [1.807, 2.05) is 0 Å². The third kappa shape index (κ3) is 1.78. The molecule has 1 aromatic carbocycles. The summed E-state index contributed by atoms with van der Waals surface area (Å²) in [6.07, 6.45) is -6.11. The van der Waals surface area contributed by atoms with Gasteiger partial charge in [0.1, 0.15) is 18.3 Å². The van der Waals surface area contributed by atoms with E-state index in [0.29, 0.717) is 0 Å². The lowest BCUT2D eigenvalue weighted by Gasteiger charge is -2.47. The first kappa shape index (κ1) is 14.5. The number of aromatic hydroxyl groups is 1. The summed E-state index contributed by atoms with van der Waals surface area (Å²) < 4.78 is 10.3. The number of benzene rings is 1. The van der Waals surface area contributed by atoms with E-state index in [1.54, 1.807) is 0 Å². The maximum Gasteiger partial charge on any atom is 0.255 e. The number of fused-ring (bicyclic) bond motifs is 4. The van der Waals surface area contributed by atoms with Crippen LogP contribution in [-0.4, -0.2) is 68.7 Å². The minimum Gasteiger partial charge on any atom is -0.504 e. The van der Waals surface area contributed by atoms with Gasteiger partial charge in [0.15, 0.2) is 11.5 Å². The SMILES string of the molecule is O=C1N[C@H]2[C@H](O)[C@@H](O)[C@@H](O)[C@H](O)[C@@H]2c2cc3c(c(O)c21)OCO3. The quantitative estimate of drug-likeness (QED) is 0.314. The Morgan fingerprint density at radius 1 is 1.04 bits per heavy atom. The zero-order valence-corrected chi connectivity index (χ0v) is 11.7. The molecule has 0 aromatic heterocycles. The van der Waals surface area contributed by atoms with Crippen LogP contribution in [0.3, 0.4) is 0 Å². The zero-order chi connectivity index (χ0) is 16.5. The number of nitrogens with one attached hydrogen (secondary N) is 1. The molecular weight excluding hydrogens is 310 g/mol. The average molecular weight is 325 g/mol. The number of phenols is 1. The smallest absolute Gasteiger partial charge is 0.255 e. The fourth-order valence-corrected chi connectivity index (χ4v) is 3.58. The highest BCUT2D eigenvalue weighted by Crippen LogP contribution is 2.49. The van der Waals surface area contributed by atoms with Gasteiger partial charge in [0.25, 0.3) is 5.91 Å². The number of aliphatic hydroxyl groups is 4. The average Bonchev–Trinajstić information content (AvgIpc) is 2.99. The topological polar surface area (TPSA) is 149 Å². The maximum atomic E-state index is 12.3. The largest absolute Gasteiger partial charge is 0.504 e. The summed E-state index contributed by atoms with van der Waals surface area (Å²) in [4.78, 5) is 12.3. The fourth-order valence-electron chi connectivity index (χ4n) is 3.58. The summed E-state index contributed by atoms with van der Waals surface area (Å²) in [5.41, 5.74) is 0.114. The van der Waals surface area contributed by atoms with Crippen LogP contribution >= 0.6 is 0 Å². The molecule has 0 spiro atoms. The van der Waals surface area contributed by atoms with E-state index in [1.165, 1.54) is 6.07 Å². The van der Waals surface area contributed by atoms with Crippen molar-refractivity contribution in [1.82, 2.24) is 5.32 Å². The van der Waals surface area contributed by atoms with Crippen LogP contribution in [0.1, 0.15) is 21.8 Å². The van der Waals surface area contributed by atoms with Gasteiger partial charge in [-0.15, -0.1) is 0 Å². The Hall–Kier alpha value is -2.07. The van der Waals surface area contributed by atoms with Crippen molar-refractivity contribution in [3.05, 3.63) is 17.2 Å². The fraction of sp³-hybridized carbons (Fsp3) is 0.500. The van der Waals surface area contributed by atoms with Crippen LogP contribution < -0.4 is 14.8 Å². The standard InChI is InChI=1S/C14H15NO8/c16-8-5-3-1-4-13(23-2-22-4)9(17)6(3)14(21)15-7(5)10(18)12(20)11(8)19/h1,5,7-8,10-12,16-20H,2H2,(H,15,21)/t5-,7-,8-,10+,11+,12-/m1/s1. The van der Waals surface area contributed by atoms with E-state index in [4.69, 9.17) is 9.47 Å². The van der Waals surface area contributed by atoms with Gasteiger partial charge >= 0.3 is 0 Å². The van der Waals surface area contributed by atoms with Gasteiger partial charge < -0.3 is 40.3 Å². The summed E-state index contributed by atoms with van der Waals surface area (Å²) in [5, 5.41) is 52.9. The van der Waals surface area contributed by atoms with Crippen LogP contribution in [0.4, 0.5) is 0 Å². The number of ether oxygens (including phenoxy) is 2. The number of rotatable bonds is 0. The molecule has 6 atom stereocenters. The summed E-state index contributed by atoms with van der Waals surface area (Å²) in [5.74, 6) is -1.78. The first-order valence-electron chi connectivity index (χ1n) is 7.10. The summed E-state index contributed by atoms with van der Waals surface area (Å²) >= 11 is 0. The second-order valence-electron chi connectivity index (χ2n) is 5.91. The van der Waals surface area contributed by atoms with Crippen molar-refractivity contribution in [3.8, 4) is 17.2 Å². The lowest BCUT2D eigenvalue weighted by Crippen LogP contribution is -2.66. The van der Waals surface area contributed by atoms with Crippen molar-refractivity contribution in [3.63, 3.8) is 0 Å². The highest BCUT2D eigenvalue weighted by molar-refractivity contribution is 6.01. The van der Waals surface area contributed by atoms with E-state index in [-0.39, 0.29) is 29.4 Å². The Bertz CT molecular complexity index is 692. The lowest BCUT2D eigenvalue weighted by atomic mass is 9.70. The summed E-state index contributed by atoms with van der Waals surface area (Å²) in [7, 11) is 0. The third-order valence-electron chi connectivity index (χ3n) is 4.73. The van der Waals surface area contributed by atoms with Crippen molar-refractivity contribution in [2.75, 3.05) is 6.79 Å². The Morgan fingerprint density at radius 3 is 2.48 bits per heavy atom. The van der Waals surface area contributed by atoms with Gasteiger partial charge in [0.2, 0.25) is 12.5 Å². The van der Waals surface area contributed by atoms with Gasteiger partial charge in [-0.25, -0.2) is 0 Å². The third-order valence-corrected chi connectivity index (χ3v) is 4.73. The molecule has 9 nitrogen and oxygen atoms in total. The Labute approximate surface area is 129 Å². The van der Waals surface area contributed by atoms with Gasteiger partial charge in [-0.3, -0.25) is 4.79 Å². The molecule has 0 bridgehead atoms. The van der Waals surface area contributed by atoms with Crippen molar-refractivity contribution in [2.24, 2.45) is 0 Å². The van der Waals surface area contributed by atoms with Crippen LogP contribution in [0.15, 0.2) is 6.07 Å². The molecule has 9 heteroatoms. The number of carbonyl (C=O) groups excluding carboxylic acids is 1. The first-order valence-corrected chi connectivity index (χ1v) is 7.10. The molecule has 2 aliphatic heterocycles. The molecule has 1 aromatic rings. The second kappa shape index (κ2) is 4.71. The van der Waals surface area contributed by atoms with Crippen LogP contribution in [-0.2, 0) is 0 Å². The normalized spacial score (nSPS) is 37.8. The molecule has 1 fully saturated rings. The van der Waals surface area contributed by atoms with Gasteiger partial charge in [-0.2, -0.15) is 0 Å². The number of hydrogen-bond acceptors (Lipinski definition) is 8. The van der Waals surface area contributed by atoms with Crippen LogP contribution in [0, 0.1) is 0 Å². The molecule has 4 rings (SSSR count). The lowest BCUT2D eigenvalue weighted by molar-refractivity contribution is -0.155. The van der Waals surface area contributed by atoms with Gasteiger partial charge in [0, 0.05) is 5.92 Å². The molecule has 0 radical (unpaired) electrons. The molecule has 23 heavy (non-hydrogen) atoms. The van der Waals surface area contributed by atoms with Crippen molar-refractivity contribution in [1.29, 1.82) is 0 Å². The summed E-state index contributed by atoms with van der Waals surface area (Å²) in [6, 6.07) is 0.428. The zero-order valence-electron chi connectivity index (χ0n) is 11.7. The minimum absolute atomic E-state index is 0.0313. The van der Waals surface area contributed by atoms with Crippen molar-refractivity contribution in [2.45, 2.75) is 36.4 Å². The predicted octanol–water partition coefficient (Wildman–Crippen LogP) is -2.23. The van der Waals surface area contributed by atoms with Crippen molar-refractivity contribution >= 4 is 5.91 Å². The molecule has 124 valence electrons. The molecule has 0 saturated heterocycles. The highest BCUT2D eigenvalue weighted by Gasteiger charge is 2.53. The van der Waals surface area contributed by atoms with Gasteiger partial charge in [0.05, 0.1) is 17.7 Å². The first-order chi connectivity index (χ1) is 10.9. The van der Waals surface area contributed by atoms with E-state index < -0.39 is 48.0 Å². The summed E-state index contributed by atoms with van der Waals surface area (Å²) in [6.45, 7) is -0.117. The van der Waals surface area contributed by atoms with Crippen molar-refractivity contribution < 1.29 is 39.8 Å². The Balaban J connectivity index is 1.91. The minimum atomic E-state index is -1.60. The van der Waals surface area contributed by atoms with E-state index in [2.05, 4.69) is 5.32 Å². The Morgan fingerprint density at radius 2 is 1.74 bits per heavy atom. The van der Waals surface area contributed by atoms with E-state index in [9.17, 15) is 30.3 Å². The molecule has 0 unspecified atom stereocenters. The van der Waals surface area contributed by atoms with Gasteiger partial charge in [-0.05, 0) is 11.6 Å². The molecule has 3 aliphatic rings. The highest BCUT2D eigenvalue weighted by atomic mass is 16.7. The van der Waals surface area contributed by atoms with Gasteiger partial charge in [-0.1, -0.05) is 0 Å². The number of phenolic OH excluding ortho intramolecular Hbond substituents is 1. The molecule has 1 saturated carbocycles. The number of hydrogen-bond donors (Lipinski definition) is 6. The number of amides is 1. The number of aliphatic hydroxyl groups excluding tert-OH is 4. The number of carbonyl (C=O) groups is 1. The maximum absolute atomic E-state index is 12.3. The predicted molar refractivity (Wildman–Crippen MR) is 72.3 cm³/mol. The Kier molecular flexibility index (Phi) is 2.97. The van der Waals surface area contributed by atoms with E-state index in [0.717, 1.165) is 0 Å². The second-order valence-corrected chi connectivity index (χ2v) is 5.91. The molecule has 1 amide bonds. The molecule has 2 heterocycles. The molecular formula is C14H15NO8. The monoisotopic (exact) mass is 325 g/mol. The van der Waals surface area contributed by atoms with Crippen LogP contribution in [0.25, 0.3) is 0 Å². The molecule has 6 N–H and O–H groups in total. The van der Waals surface area contributed by atoms with Crippen LogP contribution in [0.2, 0.25) is 0 Å². The van der Waals surface area contributed by atoms with Crippen LogP contribution in [0.5, 0.6) is 17.2 Å².